The molecule has 3 N–H and O–H groups in total. The molecule has 1 aromatic carbocycles. The summed E-state index contributed by atoms with van der Waals surface area (Å²) in [6.07, 6.45) is -0.594. The average Bonchev–Trinajstić information content (AvgIpc) is 2.87. The van der Waals surface area contributed by atoms with E-state index in [1.807, 2.05) is 6.07 Å². The molecule has 18 heavy (non-hydrogen) atoms. The van der Waals surface area contributed by atoms with Gasteiger partial charge in [-0.2, -0.15) is 0 Å². The molecule has 0 bridgehead atoms. The van der Waals surface area contributed by atoms with Gasteiger partial charge in [-0.25, -0.2) is 4.52 Å². The molecule has 0 aliphatic rings. The Kier molecular flexibility index (Phi) is 2.31. The number of aromatic hydroxyl groups is 1. The molecule has 0 aliphatic carbocycles. The van der Waals surface area contributed by atoms with Crippen molar-refractivity contribution in [2.75, 3.05) is 0 Å². The van der Waals surface area contributed by atoms with Crippen LogP contribution >= 0.6 is 0 Å². The highest BCUT2D eigenvalue weighted by molar-refractivity contribution is 5.60. The minimum Gasteiger partial charge on any atom is -0.508 e. The molecule has 6 heteroatoms. The molecule has 0 spiro atoms. The fourth-order valence-electron chi connectivity index (χ4n) is 1.85. The highest BCUT2D eigenvalue weighted by Crippen LogP contribution is 2.23. The first kappa shape index (κ1) is 10.8. The number of fused-ring (bicyclic) bond motifs is 1. The first-order valence-corrected chi connectivity index (χ1v) is 5.56. The quantitative estimate of drug-likeness (QED) is 0.637. The third-order valence-electron chi connectivity index (χ3n) is 2.77. The van der Waals surface area contributed by atoms with Crippen LogP contribution in [-0.4, -0.2) is 30.0 Å². The summed E-state index contributed by atoms with van der Waals surface area (Å²) in [6.45, 7) is 1.67. The topological polar surface area (TPSA) is 86.4 Å². The molecule has 1 atom stereocenters. The Bertz CT molecular complexity index is 699. The van der Waals surface area contributed by atoms with Gasteiger partial charge in [-0.15, -0.1) is 10.2 Å². The zero-order chi connectivity index (χ0) is 12.7. The number of aromatic nitrogens is 4. The molecule has 2 heterocycles. The van der Waals surface area contributed by atoms with Gasteiger partial charge >= 0.3 is 0 Å². The Morgan fingerprint density at radius 1 is 1.28 bits per heavy atom. The van der Waals surface area contributed by atoms with Crippen molar-refractivity contribution in [2.24, 2.45) is 0 Å². The lowest BCUT2D eigenvalue weighted by Crippen LogP contribution is -1.95. The third-order valence-corrected chi connectivity index (χ3v) is 2.77. The zero-order valence-electron chi connectivity index (χ0n) is 9.70. The number of hydrogen-bond acceptors (Lipinski definition) is 4. The lowest BCUT2D eigenvalue weighted by Gasteiger charge is -2.00. The van der Waals surface area contributed by atoms with E-state index in [9.17, 15) is 10.2 Å². The predicted molar refractivity (Wildman–Crippen MR) is 65.1 cm³/mol. The van der Waals surface area contributed by atoms with Gasteiger partial charge in [0, 0.05) is 11.6 Å². The van der Waals surface area contributed by atoms with Gasteiger partial charge in [-0.3, -0.25) is 5.10 Å². The summed E-state index contributed by atoms with van der Waals surface area (Å²) in [4.78, 5) is 0. The summed E-state index contributed by atoms with van der Waals surface area (Å²) in [6, 6.07) is 8.52. The molecule has 0 fully saturated rings. The number of benzene rings is 1. The number of phenolic OH excluding ortho intramolecular Hbond substituents is 1. The van der Waals surface area contributed by atoms with Crippen LogP contribution in [0.15, 0.2) is 30.3 Å². The molecular formula is C12H12N4O2. The molecule has 0 saturated heterocycles. The van der Waals surface area contributed by atoms with Gasteiger partial charge in [0.25, 0.3) is 0 Å². The Morgan fingerprint density at radius 2 is 2.11 bits per heavy atom. The Hall–Kier alpha value is -2.34. The van der Waals surface area contributed by atoms with E-state index in [1.165, 1.54) is 0 Å². The van der Waals surface area contributed by atoms with Gasteiger partial charge in [0.15, 0.2) is 11.5 Å². The number of aliphatic hydroxyl groups is 1. The maximum atomic E-state index is 9.52. The van der Waals surface area contributed by atoms with Crippen molar-refractivity contribution in [3.05, 3.63) is 36.0 Å². The van der Waals surface area contributed by atoms with Crippen LogP contribution in [0.1, 0.15) is 18.7 Å². The number of nitrogens with one attached hydrogen (secondary N) is 1. The fourth-order valence-corrected chi connectivity index (χ4v) is 1.85. The summed E-state index contributed by atoms with van der Waals surface area (Å²) >= 11 is 0. The van der Waals surface area contributed by atoms with Gasteiger partial charge < -0.3 is 10.2 Å². The minimum absolute atomic E-state index is 0.173. The molecule has 0 saturated carbocycles. The van der Waals surface area contributed by atoms with Crippen molar-refractivity contribution in [3.63, 3.8) is 0 Å². The minimum atomic E-state index is -0.594. The van der Waals surface area contributed by atoms with Gasteiger partial charge in [-0.05, 0) is 19.1 Å². The van der Waals surface area contributed by atoms with Crippen molar-refractivity contribution in [2.45, 2.75) is 13.0 Å². The van der Waals surface area contributed by atoms with Crippen molar-refractivity contribution in [1.82, 2.24) is 19.8 Å². The summed E-state index contributed by atoms with van der Waals surface area (Å²) in [7, 11) is 0. The largest absolute Gasteiger partial charge is 0.508 e. The molecule has 0 aliphatic heterocycles. The van der Waals surface area contributed by atoms with Crippen LogP contribution in [-0.2, 0) is 0 Å². The van der Waals surface area contributed by atoms with Crippen LogP contribution in [0.5, 0.6) is 5.75 Å². The number of aromatic amines is 1. The van der Waals surface area contributed by atoms with Crippen LogP contribution in [0.2, 0.25) is 0 Å². The highest BCUT2D eigenvalue weighted by Gasteiger charge is 2.13. The Morgan fingerprint density at radius 3 is 2.83 bits per heavy atom. The number of aliphatic hydroxyl groups excluding tert-OH is 1. The first-order valence-electron chi connectivity index (χ1n) is 5.56. The van der Waals surface area contributed by atoms with Crippen LogP contribution in [0.3, 0.4) is 0 Å². The molecule has 3 rings (SSSR count). The number of phenols is 1. The molecule has 1 unspecified atom stereocenters. The number of H-pyrrole nitrogens is 1. The highest BCUT2D eigenvalue weighted by atomic mass is 16.3. The number of rotatable bonds is 2. The molecule has 0 amide bonds. The van der Waals surface area contributed by atoms with Crippen molar-refractivity contribution in [3.8, 4) is 17.1 Å². The summed E-state index contributed by atoms with van der Waals surface area (Å²) < 4.78 is 1.68. The molecule has 92 valence electrons. The normalized spacial score (nSPS) is 13.0. The number of hydrogen-bond donors (Lipinski definition) is 3. The maximum absolute atomic E-state index is 9.52. The lowest BCUT2D eigenvalue weighted by molar-refractivity contribution is 0.194. The molecule has 2 aromatic heterocycles. The van der Waals surface area contributed by atoms with Gasteiger partial charge in [0.05, 0.1) is 11.8 Å². The number of nitrogens with zero attached hydrogens (tertiary/aromatic N) is 3. The standard InChI is InChI=1S/C12H12N4O2/c1-7(17)10-6-11-13-14-12(16(11)15-10)8-3-2-4-9(18)5-8/h2-7,15,17-18H,1H3. The molecular weight excluding hydrogens is 232 g/mol. The zero-order valence-corrected chi connectivity index (χ0v) is 9.70. The fraction of sp³-hybridized carbons (Fsp3) is 0.167. The van der Waals surface area contributed by atoms with Crippen LogP contribution < -0.4 is 0 Å². The second kappa shape index (κ2) is 3.85. The van der Waals surface area contributed by atoms with Crippen LogP contribution in [0.25, 0.3) is 17.0 Å². The van der Waals surface area contributed by atoms with Crippen molar-refractivity contribution >= 4 is 5.65 Å². The second-order valence-electron chi connectivity index (χ2n) is 4.16. The van der Waals surface area contributed by atoms with Crippen LogP contribution in [0, 0.1) is 0 Å². The second-order valence-corrected chi connectivity index (χ2v) is 4.16. The van der Waals surface area contributed by atoms with Crippen molar-refractivity contribution < 1.29 is 10.2 Å². The first-order chi connectivity index (χ1) is 8.65. The van der Waals surface area contributed by atoms with Gasteiger partial charge in [-0.1, -0.05) is 12.1 Å². The third kappa shape index (κ3) is 1.63. The molecule has 3 aromatic rings. The van der Waals surface area contributed by atoms with Gasteiger partial charge in [0.2, 0.25) is 0 Å². The van der Waals surface area contributed by atoms with E-state index in [4.69, 9.17) is 0 Å². The summed E-state index contributed by atoms with van der Waals surface area (Å²) in [5.41, 5.74) is 2.05. The van der Waals surface area contributed by atoms with Crippen molar-refractivity contribution in [1.29, 1.82) is 0 Å². The monoisotopic (exact) mass is 244 g/mol. The van der Waals surface area contributed by atoms with E-state index in [0.29, 0.717) is 17.2 Å². The smallest absolute Gasteiger partial charge is 0.183 e. The van der Waals surface area contributed by atoms with Crippen LogP contribution in [0.4, 0.5) is 0 Å². The lowest BCUT2D eigenvalue weighted by atomic mass is 10.2. The Labute approximate surface area is 103 Å². The van der Waals surface area contributed by atoms with E-state index >= 15 is 0 Å². The van der Waals surface area contributed by atoms with E-state index < -0.39 is 6.10 Å². The van der Waals surface area contributed by atoms with E-state index in [1.54, 1.807) is 35.7 Å². The average molecular weight is 244 g/mol. The van der Waals surface area contributed by atoms with E-state index in [0.717, 1.165) is 5.56 Å². The summed E-state index contributed by atoms with van der Waals surface area (Å²) in [5.74, 6) is 0.763. The van der Waals surface area contributed by atoms with E-state index in [-0.39, 0.29) is 5.75 Å². The predicted octanol–water partition coefficient (Wildman–Crippen LogP) is 1.48. The molecule has 6 nitrogen and oxygen atoms in total. The summed E-state index contributed by atoms with van der Waals surface area (Å²) in [5, 5.41) is 30.1. The Balaban J connectivity index is 2.17. The molecule has 0 radical (unpaired) electrons. The van der Waals surface area contributed by atoms with E-state index in [2.05, 4.69) is 15.3 Å². The SMILES string of the molecule is CC(O)c1cc2nnc(-c3cccc(O)c3)n2[nH]1. The van der Waals surface area contributed by atoms with Gasteiger partial charge in [0.1, 0.15) is 5.75 Å². The maximum Gasteiger partial charge on any atom is 0.183 e.